The maximum atomic E-state index is 12.4. The molecule has 1 saturated carbocycles. The van der Waals surface area contributed by atoms with E-state index in [1.54, 1.807) is 0 Å². The van der Waals surface area contributed by atoms with Crippen LogP contribution >= 0.6 is 0 Å². The van der Waals surface area contributed by atoms with E-state index in [0.717, 1.165) is 18.8 Å². The number of aromatic nitrogens is 2. The summed E-state index contributed by atoms with van der Waals surface area (Å²) in [6.07, 6.45) is 6.42. The van der Waals surface area contributed by atoms with Crippen LogP contribution in [0.25, 0.3) is 0 Å². The lowest BCUT2D eigenvalue weighted by Gasteiger charge is -2.49. The van der Waals surface area contributed by atoms with Gasteiger partial charge in [0.1, 0.15) is 5.69 Å². The monoisotopic (exact) mass is 288 g/mol. The summed E-state index contributed by atoms with van der Waals surface area (Å²) in [5.74, 6) is 0.719. The van der Waals surface area contributed by atoms with Crippen LogP contribution in [0.2, 0.25) is 0 Å². The Morgan fingerprint density at radius 3 is 2.81 bits per heavy atom. The van der Waals surface area contributed by atoms with Gasteiger partial charge in [-0.3, -0.25) is 14.8 Å². The number of amides is 1. The lowest BCUT2D eigenvalue weighted by atomic mass is 9.97. The molecule has 1 N–H and O–H groups in total. The molecule has 0 aromatic carbocycles. The van der Waals surface area contributed by atoms with E-state index in [-0.39, 0.29) is 5.91 Å². The Morgan fingerprint density at radius 2 is 2.10 bits per heavy atom. The van der Waals surface area contributed by atoms with Crippen LogP contribution in [-0.4, -0.2) is 57.6 Å². The molecule has 5 nitrogen and oxygen atoms in total. The fourth-order valence-corrected chi connectivity index (χ4v) is 3.71. The summed E-state index contributed by atoms with van der Waals surface area (Å²) in [6, 6.07) is 3.19. The first-order valence-corrected chi connectivity index (χ1v) is 8.32. The van der Waals surface area contributed by atoms with Crippen LogP contribution < -0.4 is 0 Å². The molecule has 5 heteroatoms. The molecule has 1 aromatic heterocycles. The number of hydrogen-bond acceptors (Lipinski definition) is 3. The Kier molecular flexibility index (Phi) is 3.25. The Morgan fingerprint density at radius 1 is 1.29 bits per heavy atom. The van der Waals surface area contributed by atoms with Gasteiger partial charge in [0.15, 0.2) is 0 Å². The number of piperidine rings is 1. The van der Waals surface area contributed by atoms with Gasteiger partial charge in [-0.2, -0.15) is 5.10 Å². The first-order valence-electron chi connectivity index (χ1n) is 8.32. The van der Waals surface area contributed by atoms with Gasteiger partial charge in [-0.15, -0.1) is 0 Å². The van der Waals surface area contributed by atoms with Crippen LogP contribution in [0.1, 0.15) is 61.1 Å². The lowest BCUT2D eigenvalue weighted by molar-refractivity contribution is 0.00181. The summed E-state index contributed by atoms with van der Waals surface area (Å²) in [5, 5.41) is 7.23. The van der Waals surface area contributed by atoms with Crippen molar-refractivity contribution in [2.75, 3.05) is 19.6 Å². The minimum Gasteiger partial charge on any atom is -0.334 e. The number of carbonyl (C=O) groups is 1. The van der Waals surface area contributed by atoms with Crippen LogP contribution in [0.5, 0.6) is 0 Å². The van der Waals surface area contributed by atoms with Crippen molar-refractivity contribution < 1.29 is 4.79 Å². The predicted octanol–water partition coefficient (Wildman–Crippen LogP) is 1.99. The Bertz CT molecular complexity index is 530. The van der Waals surface area contributed by atoms with Crippen molar-refractivity contribution in [3.63, 3.8) is 0 Å². The highest BCUT2D eigenvalue weighted by Gasteiger charge is 2.38. The van der Waals surface area contributed by atoms with E-state index in [2.05, 4.69) is 22.0 Å². The van der Waals surface area contributed by atoms with Gasteiger partial charge in [0.05, 0.1) is 0 Å². The number of H-pyrrole nitrogens is 1. The van der Waals surface area contributed by atoms with E-state index in [9.17, 15) is 4.79 Å². The van der Waals surface area contributed by atoms with E-state index in [1.165, 1.54) is 38.6 Å². The molecule has 0 bridgehead atoms. The van der Waals surface area contributed by atoms with E-state index >= 15 is 0 Å². The molecule has 4 rings (SSSR count). The van der Waals surface area contributed by atoms with E-state index in [4.69, 9.17) is 0 Å². The zero-order valence-corrected chi connectivity index (χ0v) is 12.7. The largest absolute Gasteiger partial charge is 0.334 e. The molecule has 1 aliphatic carbocycles. The summed E-state index contributed by atoms with van der Waals surface area (Å²) >= 11 is 0. The second-order valence-electron chi connectivity index (χ2n) is 6.93. The molecular formula is C16H24N4O. The molecule has 3 fully saturated rings. The van der Waals surface area contributed by atoms with Crippen molar-refractivity contribution in [1.82, 2.24) is 20.0 Å². The van der Waals surface area contributed by atoms with Crippen LogP contribution in [0.3, 0.4) is 0 Å². The van der Waals surface area contributed by atoms with Gasteiger partial charge in [0.2, 0.25) is 0 Å². The topological polar surface area (TPSA) is 52.2 Å². The van der Waals surface area contributed by atoms with Crippen LogP contribution in [-0.2, 0) is 0 Å². The summed E-state index contributed by atoms with van der Waals surface area (Å²) in [5.41, 5.74) is 1.74. The van der Waals surface area contributed by atoms with Gasteiger partial charge in [-0.25, -0.2) is 0 Å². The van der Waals surface area contributed by atoms with E-state index in [0.29, 0.717) is 23.7 Å². The number of nitrogens with one attached hydrogen (secondary N) is 1. The van der Waals surface area contributed by atoms with Crippen LogP contribution in [0.15, 0.2) is 6.07 Å². The molecule has 3 heterocycles. The molecular weight excluding hydrogens is 264 g/mol. The third-order valence-corrected chi connectivity index (χ3v) is 5.31. The van der Waals surface area contributed by atoms with Crippen molar-refractivity contribution in [2.24, 2.45) is 0 Å². The lowest BCUT2D eigenvalue weighted by Crippen LogP contribution is -2.63. The van der Waals surface area contributed by atoms with Gasteiger partial charge in [-0.05, 0) is 45.2 Å². The number of rotatable bonds is 3. The van der Waals surface area contributed by atoms with E-state index in [1.807, 2.05) is 11.0 Å². The Labute approximate surface area is 125 Å². The van der Waals surface area contributed by atoms with Crippen LogP contribution in [0.4, 0.5) is 0 Å². The fraction of sp³-hybridized carbons (Fsp3) is 0.750. The highest BCUT2D eigenvalue weighted by molar-refractivity contribution is 5.93. The number of nitrogens with zero attached hydrogens (tertiary/aromatic N) is 3. The first-order chi connectivity index (χ1) is 10.2. The van der Waals surface area contributed by atoms with Gasteiger partial charge in [-0.1, -0.05) is 6.42 Å². The van der Waals surface area contributed by atoms with Crippen molar-refractivity contribution in [2.45, 2.75) is 57.0 Å². The zero-order valence-electron chi connectivity index (χ0n) is 12.7. The highest BCUT2D eigenvalue weighted by Crippen LogP contribution is 2.39. The summed E-state index contributed by atoms with van der Waals surface area (Å²) < 4.78 is 0. The average Bonchev–Trinajstić information content (AvgIpc) is 3.17. The quantitative estimate of drug-likeness (QED) is 0.925. The van der Waals surface area contributed by atoms with Crippen molar-refractivity contribution in [1.29, 1.82) is 0 Å². The number of carbonyl (C=O) groups excluding carboxylic acids is 1. The number of aromatic amines is 1. The zero-order chi connectivity index (χ0) is 14.4. The molecule has 1 atom stereocenters. The highest BCUT2D eigenvalue weighted by atomic mass is 16.2. The molecule has 0 radical (unpaired) electrons. The fourth-order valence-electron chi connectivity index (χ4n) is 3.71. The molecule has 114 valence electrons. The third kappa shape index (κ3) is 2.48. The molecule has 2 aliphatic heterocycles. The van der Waals surface area contributed by atoms with Crippen molar-refractivity contribution in [3.8, 4) is 0 Å². The van der Waals surface area contributed by atoms with Crippen molar-refractivity contribution >= 4 is 5.91 Å². The molecule has 1 aromatic rings. The maximum Gasteiger partial charge on any atom is 0.274 e. The maximum absolute atomic E-state index is 12.4. The van der Waals surface area contributed by atoms with E-state index < -0.39 is 0 Å². The molecule has 21 heavy (non-hydrogen) atoms. The Balaban J connectivity index is 1.34. The van der Waals surface area contributed by atoms with Gasteiger partial charge < -0.3 is 4.90 Å². The molecule has 2 saturated heterocycles. The van der Waals surface area contributed by atoms with Gasteiger partial charge in [0, 0.05) is 36.8 Å². The summed E-state index contributed by atoms with van der Waals surface area (Å²) in [4.78, 5) is 17.0. The minimum absolute atomic E-state index is 0.0964. The van der Waals surface area contributed by atoms with Crippen LogP contribution in [0, 0.1) is 0 Å². The molecule has 0 unspecified atom stereocenters. The normalized spacial score (nSPS) is 27.7. The predicted molar refractivity (Wildman–Crippen MR) is 80.3 cm³/mol. The summed E-state index contributed by atoms with van der Waals surface area (Å²) in [6.45, 7) is 5.25. The number of likely N-dealkylation sites (tertiary alicyclic amines) is 2. The van der Waals surface area contributed by atoms with Crippen molar-refractivity contribution in [3.05, 3.63) is 17.5 Å². The molecule has 0 spiro atoms. The van der Waals surface area contributed by atoms with Gasteiger partial charge in [0.25, 0.3) is 5.91 Å². The third-order valence-electron chi connectivity index (χ3n) is 5.31. The molecule has 3 aliphatic rings. The van der Waals surface area contributed by atoms with Gasteiger partial charge >= 0.3 is 0 Å². The first kappa shape index (κ1) is 13.3. The smallest absolute Gasteiger partial charge is 0.274 e. The second kappa shape index (κ2) is 5.13. The SMILES string of the molecule is C[C@@H]1CCCCN1C1CN(C(=O)c2cc(C3CC3)[nH]n2)C1. The Hall–Kier alpha value is -1.36. The molecule has 1 amide bonds. The second-order valence-corrected chi connectivity index (χ2v) is 6.93. The average molecular weight is 288 g/mol. The summed E-state index contributed by atoms with van der Waals surface area (Å²) in [7, 11) is 0. The standard InChI is InChI=1S/C16H24N4O/c1-11-4-2-3-7-20(11)13-9-19(10-13)16(21)15-8-14(17-18-15)12-5-6-12/h8,11-13H,2-7,9-10H2,1H3,(H,17,18)/t11-/m1/s1. The minimum atomic E-state index is 0.0964. The number of hydrogen-bond donors (Lipinski definition) is 1.